The Morgan fingerprint density at radius 2 is 0.481 bits per heavy atom. The van der Waals surface area contributed by atoms with Crippen molar-refractivity contribution < 1.29 is 100 Å². The Labute approximate surface area is 188 Å². The van der Waals surface area contributed by atoms with E-state index in [1.54, 1.807) is 0 Å². The van der Waals surface area contributed by atoms with Crippen molar-refractivity contribution in [1.29, 1.82) is 0 Å². The molecule has 1 aliphatic heterocycles. The molecule has 0 unspecified atom stereocenters. The number of hydrogen-bond donors (Lipinski definition) is 4. The van der Waals surface area contributed by atoms with Gasteiger partial charge in [0.15, 0.2) is 0 Å². The van der Waals surface area contributed by atoms with Crippen molar-refractivity contribution in [3.8, 4) is 0 Å². The maximum atomic E-state index is 8.47. The molecule has 0 saturated carbocycles. The van der Waals surface area contributed by atoms with Gasteiger partial charge in [-0.1, -0.05) is 0 Å². The first-order valence-electron chi connectivity index (χ1n) is 7.63. The molecule has 1 rings (SSSR count). The van der Waals surface area contributed by atoms with Crippen molar-refractivity contribution in [2.45, 2.75) is 0 Å². The van der Waals surface area contributed by atoms with Gasteiger partial charge in [-0.05, 0) is 0 Å². The number of rotatable bonds is 0. The fraction of sp³-hybridized carbons (Fsp3) is 1.00. The zero-order valence-electron chi connectivity index (χ0n) is 14.9. The van der Waals surface area contributed by atoms with Crippen LogP contribution >= 0.6 is 0 Å². The van der Waals surface area contributed by atoms with Crippen LogP contribution in [0.4, 0.5) is 0 Å². The molecule has 0 aromatic carbocycles. The van der Waals surface area contributed by atoms with Gasteiger partial charge in [-0.25, -0.2) is 20.8 Å². The maximum absolute atomic E-state index is 8.47. The average molecular weight is 537 g/mol. The summed E-state index contributed by atoms with van der Waals surface area (Å²) in [6.07, 6.45) is 0. The van der Waals surface area contributed by atoms with Crippen LogP contribution in [0, 0.1) is 50.7 Å². The Morgan fingerprint density at radius 3 is 0.556 bits per heavy atom. The third-order valence-electron chi connectivity index (χ3n) is 2.23. The zero-order valence-corrected chi connectivity index (χ0v) is 18.1. The van der Waals surface area contributed by atoms with E-state index in [0.29, 0.717) is 79.3 Å². The summed E-state index contributed by atoms with van der Waals surface area (Å²) in [5.41, 5.74) is 0. The van der Waals surface area contributed by atoms with Gasteiger partial charge in [-0.3, -0.25) is 0 Å². The van der Waals surface area contributed by atoms with Crippen LogP contribution in [0.1, 0.15) is 0 Å². The van der Waals surface area contributed by atoms with Crippen molar-refractivity contribution in [2.75, 3.05) is 79.3 Å². The molecular weight excluding hydrogens is 508 g/mol. The minimum Gasteiger partial charge on any atom is -0.377 e. The predicted molar refractivity (Wildman–Crippen MR) is 79.3 cm³/mol. The van der Waals surface area contributed by atoms with Crippen LogP contribution in [0.25, 0.3) is 0 Å². The van der Waals surface area contributed by atoms with Crippen molar-refractivity contribution >= 4 is 0 Å². The van der Waals surface area contributed by atoms with Crippen molar-refractivity contribution in [1.82, 2.24) is 0 Å². The summed E-state index contributed by atoms with van der Waals surface area (Å²) in [6.45, 7) is 7.04. The minimum absolute atomic E-state index is 0. The van der Waals surface area contributed by atoms with E-state index in [1.807, 2.05) is 0 Å². The molecule has 4 N–H and O–H groups in total. The van der Waals surface area contributed by atoms with Gasteiger partial charge in [0, 0.05) is 40.8 Å². The number of hydrogen-bond acceptors (Lipinski definition) is 8. The van der Waals surface area contributed by atoms with Gasteiger partial charge in [-0.2, -0.15) is 0 Å². The molecule has 1 heterocycles. The summed E-state index contributed by atoms with van der Waals surface area (Å²) in [5, 5.41) is 25.1. The van der Waals surface area contributed by atoms with Gasteiger partial charge in [0.05, 0.1) is 79.3 Å². The number of ether oxygens (including phenoxy) is 6. The third kappa shape index (κ3) is 46.0. The smallest absolute Gasteiger partial charge is 0.377 e. The van der Waals surface area contributed by atoms with Crippen LogP contribution < -0.4 is 0 Å². The molecule has 0 amide bonds. The molecule has 14 nitrogen and oxygen atoms in total. The van der Waals surface area contributed by atoms with Crippen molar-refractivity contribution in [2.24, 2.45) is 0 Å². The van der Waals surface area contributed by atoms with Crippen LogP contribution in [-0.2, 0) is 28.4 Å². The molecule has 1 aliphatic rings. The first-order chi connectivity index (χ1) is 12.5. The molecule has 0 radical (unpaired) electrons. The van der Waals surface area contributed by atoms with E-state index >= 15 is 0 Å². The fourth-order valence-corrected chi connectivity index (χ4v) is 1.32. The van der Waals surface area contributed by atoms with Gasteiger partial charge in [-0.15, -0.1) is 0 Å². The Bertz CT molecular complexity index is 232. The summed E-state index contributed by atoms with van der Waals surface area (Å²) >= 11 is 0. The van der Waals surface area contributed by atoms with Crippen LogP contribution in [0.3, 0.4) is 0 Å². The molecule has 27 heavy (non-hydrogen) atoms. The van der Waals surface area contributed by atoms with Gasteiger partial charge in [0.25, 0.3) is 0 Å². The zero-order chi connectivity index (χ0) is 19.9. The fourth-order valence-electron chi connectivity index (χ4n) is 1.32. The van der Waals surface area contributed by atoms with E-state index < -0.39 is 10.2 Å². The van der Waals surface area contributed by atoms with E-state index in [4.69, 9.17) is 59.1 Å². The summed E-state index contributed by atoms with van der Waals surface area (Å²) < 4.78 is 32.0. The van der Waals surface area contributed by atoms with Gasteiger partial charge in [0.1, 0.15) is 9.81 Å². The second-order valence-corrected chi connectivity index (χ2v) is 4.18. The van der Waals surface area contributed by atoms with Gasteiger partial charge in [0.2, 0.25) is 0 Å². The average Bonchev–Trinajstić information content (AvgIpc) is 2.54. The second-order valence-electron chi connectivity index (χ2n) is 4.18. The molecule has 0 atom stereocenters. The number of nitrogens with zero attached hydrogens (tertiary/aromatic N) is 2. The molecule has 1 saturated heterocycles. The summed E-state index contributed by atoms with van der Waals surface area (Å²) in [6, 6.07) is 0. The normalized spacial score (nSPS) is 17.8. The van der Waals surface area contributed by atoms with E-state index in [0.717, 1.165) is 0 Å². The first kappa shape index (κ1) is 31.2. The molecule has 15 heteroatoms. The predicted octanol–water partition coefficient (Wildman–Crippen LogP) is -0.813. The summed E-state index contributed by atoms with van der Waals surface area (Å²) in [7, 11) is 0. The quantitative estimate of drug-likeness (QED) is 0.284. The van der Waals surface area contributed by atoms with E-state index in [-0.39, 0.29) is 40.8 Å². The molecule has 0 aliphatic carbocycles. The van der Waals surface area contributed by atoms with Crippen LogP contribution in [0.5, 0.6) is 0 Å². The molecule has 160 valence electrons. The largest absolute Gasteiger partial charge is 0.472 e. The van der Waals surface area contributed by atoms with Crippen molar-refractivity contribution in [3.05, 3.63) is 9.81 Å². The standard InChI is InChI=1S/C12H24O6.2H2NO3.Nd/c1-2-14-5-6-16-9-10-18-12-11-17-8-7-15-4-3-13-1;2*2-1(3)4;/h1-12H2;2*(H2,2,3,4);/q;2*+1;. The Hall–Kier alpha value is -0.489. The van der Waals surface area contributed by atoms with E-state index in [2.05, 4.69) is 0 Å². The Morgan fingerprint density at radius 1 is 0.407 bits per heavy atom. The monoisotopic (exact) mass is 534 g/mol. The van der Waals surface area contributed by atoms with Gasteiger partial charge >= 0.3 is 10.2 Å². The first-order valence-corrected chi connectivity index (χ1v) is 7.63. The van der Waals surface area contributed by atoms with Crippen LogP contribution in [-0.4, -0.2) is 110 Å². The molecular formula is C12H28N2NdO12+2. The minimum atomic E-state index is -1.25. The van der Waals surface area contributed by atoms with Crippen LogP contribution in [0.2, 0.25) is 0 Å². The Kier molecular flexibility index (Phi) is 32.1. The molecule has 0 spiro atoms. The summed E-state index contributed by atoms with van der Waals surface area (Å²) in [4.78, 5) is 16.9. The SMILES string of the molecule is C1COCCOCCOCCOCCOCCO1.O=[N+](O)O.O=[N+](O)O.[Nd]. The molecule has 0 bridgehead atoms. The van der Waals surface area contributed by atoms with E-state index in [9.17, 15) is 0 Å². The van der Waals surface area contributed by atoms with Crippen LogP contribution in [0.15, 0.2) is 0 Å². The molecule has 0 aromatic heterocycles. The summed E-state index contributed by atoms with van der Waals surface area (Å²) in [5.74, 6) is 0. The van der Waals surface area contributed by atoms with E-state index in [1.165, 1.54) is 0 Å². The van der Waals surface area contributed by atoms with Gasteiger partial charge < -0.3 is 28.4 Å². The Balaban J connectivity index is -0.000000543. The molecule has 0 aromatic rings. The topological polar surface area (TPSA) is 176 Å². The molecule has 1 fully saturated rings. The second kappa shape index (κ2) is 27.7. The maximum Gasteiger partial charge on any atom is 0.472 e. The van der Waals surface area contributed by atoms with Crippen molar-refractivity contribution in [3.63, 3.8) is 0 Å². The third-order valence-corrected chi connectivity index (χ3v) is 2.23.